The van der Waals surface area contributed by atoms with E-state index in [4.69, 9.17) is 4.74 Å². The second-order valence-corrected chi connectivity index (χ2v) is 4.97. The third-order valence-corrected chi connectivity index (χ3v) is 3.03. The van der Waals surface area contributed by atoms with Gasteiger partial charge < -0.3 is 10.1 Å². The van der Waals surface area contributed by atoms with Crippen molar-refractivity contribution < 1.29 is 24.2 Å². The van der Waals surface area contributed by atoms with Crippen LogP contribution in [0.15, 0.2) is 23.3 Å². The highest BCUT2D eigenvalue weighted by Crippen LogP contribution is 2.28. The Kier molecular flexibility index (Phi) is 7.13. The molecule has 26 heavy (non-hydrogen) atoms. The topological polar surface area (TPSA) is 166 Å². The van der Waals surface area contributed by atoms with Crippen molar-refractivity contribution in [2.24, 2.45) is 5.10 Å². The quantitative estimate of drug-likeness (QED) is 0.300. The van der Waals surface area contributed by atoms with E-state index in [1.165, 1.54) is 13.8 Å². The van der Waals surface area contributed by atoms with Crippen molar-refractivity contribution in [2.75, 3.05) is 12.0 Å². The van der Waals surface area contributed by atoms with Gasteiger partial charge in [-0.05, 0) is 19.9 Å². The van der Waals surface area contributed by atoms with E-state index in [9.17, 15) is 29.8 Å². The molecule has 0 aliphatic rings. The van der Waals surface area contributed by atoms with Gasteiger partial charge in [0.15, 0.2) is 6.04 Å². The minimum atomic E-state index is -1.18. The summed E-state index contributed by atoms with van der Waals surface area (Å²) >= 11 is 0. The maximum atomic E-state index is 11.9. The van der Waals surface area contributed by atoms with Gasteiger partial charge in [0.25, 0.3) is 5.69 Å². The van der Waals surface area contributed by atoms with Crippen LogP contribution < -0.4 is 10.7 Å². The molecule has 0 saturated heterocycles. The summed E-state index contributed by atoms with van der Waals surface area (Å²) in [6.45, 7) is 4.28. The Morgan fingerprint density at radius 3 is 2.38 bits per heavy atom. The number of hydrogen-bond donors (Lipinski definition) is 2. The SMILES string of the molecule is CCOC(=O)[C@@H](NC(C)=O)/C(C)=N\Nc1ccc([N+](=O)[O-])cc1[N+](=O)[O-]. The van der Waals surface area contributed by atoms with Crippen molar-refractivity contribution in [2.45, 2.75) is 26.8 Å². The summed E-state index contributed by atoms with van der Waals surface area (Å²) in [4.78, 5) is 43.4. The predicted molar refractivity (Wildman–Crippen MR) is 90.7 cm³/mol. The molecule has 2 N–H and O–H groups in total. The van der Waals surface area contributed by atoms with E-state index in [2.05, 4.69) is 15.8 Å². The fraction of sp³-hybridized carbons (Fsp3) is 0.357. The van der Waals surface area contributed by atoms with Crippen LogP contribution in [0.3, 0.4) is 0 Å². The van der Waals surface area contributed by atoms with Crippen LogP contribution in [0.1, 0.15) is 20.8 Å². The molecule has 0 aliphatic heterocycles. The molecule has 1 amide bonds. The van der Waals surface area contributed by atoms with E-state index in [0.29, 0.717) is 0 Å². The van der Waals surface area contributed by atoms with Crippen LogP contribution in [-0.2, 0) is 14.3 Å². The molecule has 0 unspecified atom stereocenters. The Labute approximate surface area is 147 Å². The standard InChI is InChI=1S/C14H17N5O7/c1-4-26-14(21)13(15-9(3)20)8(2)16-17-11-6-5-10(18(22)23)7-12(11)19(24)25/h5-7,13,17H,4H2,1-3H3,(H,15,20)/b16-8-/t13-/m0/s1. The first-order valence-electron chi connectivity index (χ1n) is 7.34. The van der Waals surface area contributed by atoms with Gasteiger partial charge in [-0.2, -0.15) is 5.10 Å². The minimum Gasteiger partial charge on any atom is -0.464 e. The van der Waals surface area contributed by atoms with E-state index >= 15 is 0 Å². The van der Waals surface area contributed by atoms with Crippen LogP contribution in [0.2, 0.25) is 0 Å². The van der Waals surface area contributed by atoms with E-state index < -0.39 is 39.1 Å². The molecular formula is C14H17N5O7. The number of nitrogens with zero attached hydrogens (tertiary/aromatic N) is 3. The summed E-state index contributed by atoms with van der Waals surface area (Å²) in [6.07, 6.45) is 0. The highest BCUT2D eigenvalue weighted by atomic mass is 16.6. The Morgan fingerprint density at radius 2 is 1.88 bits per heavy atom. The fourth-order valence-corrected chi connectivity index (χ4v) is 1.85. The number of nitro benzene ring substituents is 2. The lowest BCUT2D eigenvalue weighted by Crippen LogP contribution is -2.46. The molecule has 0 aromatic heterocycles. The van der Waals surface area contributed by atoms with Crippen LogP contribution in [-0.4, -0.2) is 40.1 Å². The number of esters is 1. The lowest BCUT2D eigenvalue weighted by Gasteiger charge is -2.16. The normalized spacial score (nSPS) is 12.0. The number of hydrazone groups is 1. The van der Waals surface area contributed by atoms with Crippen LogP contribution in [0, 0.1) is 20.2 Å². The molecule has 1 aromatic rings. The third-order valence-electron chi connectivity index (χ3n) is 3.03. The summed E-state index contributed by atoms with van der Waals surface area (Å²) in [5.41, 5.74) is 1.31. The van der Waals surface area contributed by atoms with Gasteiger partial charge in [0.05, 0.1) is 28.2 Å². The number of anilines is 1. The molecule has 0 aliphatic carbocycles. The Bertz CT molecular complexity index is 762. The van der Waals surface area contributed by atoms with Gasteiger partial charge in [0.2, 0.25) is 5.91 Å². The highest BCUT2D eigenvalue weighted by molar-refractivity contribution is 6.07. The number of carbonyl (C=O) groups is 2. The van der Waals surface area contributed by atoms with Gasteiger partial charge >= 0.3 is 11.7 Å². The monoisotopic (exact) mass is 367 g/mol. The predicted octanol–water partition coefficient (Wildman–Crippen LogP) is 1.36. The van der Waals surface area contributed by atoms with Crippen LogP contribution in [0.5, 0.6) is 0 Å². The Morgan fingerprint density at radius 1 is 1.23 bits per heavy atom. The van der Waals surface area contributed by atoms with Gasteiger partial charge in [-0.3, -0.25) is 30.4 Å². The smallest absolute Gasteiger partial charge is 0.334 e. The van der Waals surface area contributed by atoms with Gasteiger partial charge in [-0.25, -0.2) is 4.79 Å². The molecule has 0 fully saturated rings. The average Bonchev–Trinajstić information content (AvgIpc) is 2.57. The summed E-state index contributed by atoms with van der Waals surface area (Å²) < 4.78 is 4.84. The molecule has 0 radical (unpaired) electrons. The van der Waals surface area contributed by atoms with Crippen molar-refractivity contribution in [3.63, 3.8) is 0 Å². The number of ether oxygens (including phenoxy) is 1. The lowest BCUT2D eigenvalue weighted by atomic mass is 10.2. The van der Waals surface area contributed by atoms with E-state index in [1.54, 1.807) is 6.92 Å². The zero-order chi connectivity index (χ0) is 19.9. The first-order valence-corrected chi connectivity index (χ1v) is 7.34. The molecule has 1 atom stereocenters. The summed E-state index contributed by atoms with van der Waals surface area (Å²) in [6, 6.07) is 1.78. The van der Waals surface area contributed by atoms with Crippen molar-refractivity contribution >= 4 is 34.7 Å². The number of non-ortho nitro benzene ring substituents is 1. The average molecular weight is 367 g/mol. The molecule has 12 nitrogen and oxygen atoms in total. The summed E-state index contributed by atoms with van der Waals surface area (Å²) in [5.74, 6) is -1.25. The first-order chi connectivity index (χ1) is 12.2. The van der Waals surface area contributed by atoms with E-state index in [-0.39, 0.29) is 18.0 Å². The van der Waals surface area contributed by atoms with Gasteiger partial charge in [0, 0.05) is 13.0 Å². The zero-order valence-corrected chi connectivity index (χ0v) is 14.2. The van der Waals surface area contributed by atoms with Crippen LogP contribution in [0.25, 0.3) is 0 Å². The number of rotatable bonds is 8. The summed E-state index contributed by atoms with van der Waals surface area (Å²) in [5, 5.41) is 28.0. The number of nitrogens with one attached hydrogen (secondary N) is 2. The Hall–Kier alpha value is -3.57. The molecule has 0 spiro atoms. The fourth-order valence-electron chi connectivity index (χ4n) is 1.85. The third kappa shape index (κ3) is 5.51. The van der Waals surface area contributed by atoms with Crippen LogP contribution >= 0.6 is 0 Å². The second kappa shape index (κ2) is 9.05. The van der Waals surface area contributed by atoms with Gasteiger partial charge in [0.1, 0.15) is 5.69 Å². The number of amides is 1. The lowest BCUT2D eigenvalue weighted by molar-refractivity contribution is -0.393. The minimum absolute atomic E-state index is 0.0753. The van der Waals surface area contributed by atoms with Gasteiger partial charge in [-0.15, -0.1) is 0 Å². The van der Waals surface area contributed by atoms with Crippen molar-refractivity contribution in [3.8, 4) is 0 Å². The Balaban J connectivity index is 3.12. The second-order valence-electron chi connectivity index (χ2n) is 4.97. The number of nitro groups is 2. The molecule has 0 heterocycles. The zero-order valence-electron chi connectivity index (χ0n) is 14.2. The maximum Gasteiger partial charge on any atom is 0.334 e. The van der Waals surface area contributed by atoms with E-state index in [1.807, 2.05) is 0 Å². The summed E-state index contributed by atoms with van der Waals surface area (Å²) in [7, 11) is 0. The van der Waals surface area contributed by atoms with Crippen molar-refractivity contribution in [1.29, 1.82) is 0 Å². The number of carbonyl (C=O) groups excluding carboxylic acids is 2. The molecule has 0 bridgehead atoms. The van der Waals surface area contributed by atoms with Crippen LogP contribution in [0.4, 0.5) is 17.1 Å². The number of benzene rings is 1. The molecule has 0 saturated carbocycles. The maximum absolute atomic E-state index is 11.9. The molecule has 140 valence electrons. The van der Waals surface area contributed by atoms with Crippen molar-refractivity contribution in [1.82, 2.24) is 5.32 Å². The molecule has 1 rings (SSSR count). The molecule has 12 heteroatoms. The molecular weight excluding hydrogens is 350 g/mol. The van der Waals surface area contributed by atoms with E-state index in [0.717, 1.165) is 18.2 Å². The largest absolute Gasteiger partial charge is 0.464 e. The highest BCUT2D eigenvalue weighted by Gasteiger charge is 2.25. The molecule has 1 aromatic carbocycles. The number of hydrogen-bond acceptors (Lipinski definition) is 9. The van der Waals surface area contributed by atoms with Gasteiger partial charge in [-0.1, -0.05) is 0 Å². The van der Waals surface area contributed by atoms with Crippen molar-refractivity contribution in [3.05, 3.63) is 38.4 Å². The first kappa shape index (κ1) is 20.5.